The second-order valence-electron chi connectivity index (χ2n) is 3.50. The van der Waals surface area contributed by atoms with Gasteiger partial charge in [0.2, 0.25) is 11.2 Å². The summed E-state index contributed by atoms with van der Waals surface area (Å²) in [6.07, 6.45) is 1.90. The van der Waals surface area contributed by atoms with Gasteiger partial charge >= 0.3 is 0 Å². The van der Waals surface area contributed by atoms with Crippen LogP contribution in [0.1, 0.15) is 30.1 Å². The molecule has 0 aliphatic carbocycles. The molecule has 0 unspecified atom stereocenters. The minimum atomic E-state index is -0.329. The van der Waals surface area contributed by atoms with Crippen LogP contribution < -0.4 is 4.74 Å². The van der Waals surface area contributed by atoms with Crippen molar-refractivity contribution < 1.29 is 14.3 Å². The van der Waals surface area contributed by atoms with Crippen LogP contribution in [0.5, 0.6) is 5.88 Å². The summed E-state index contributed by atoms with van der Waals surface area (Å²) in [5, 5.41) is -0.101. The van der Waals surface area contributed by atoms with Crippen molar-refractivity contribution in [1.82, 2.24) is 9.97 Å². The highest BCUT2D eigenvalue weighted by Crippen LogP contribution is 2.25. The first-order valence-electron chi connectivity index (χ1n) is 5.48. The van der Waals surface area contributed by atoms with Gasteiger partial charge in [-0.05, 0) is 18.0 Å². The van der Waals surface area contributed by atoms with Crippen LogP contribution in [0.2, 0.25) is 10.4 Å². The number of ketones is 1. The molecular weight excluding hydrogens is 279 g/mol. The lowest BCUT2D eigenvalue weighted by Gasteiger charge is -2.08. The van der Waals surface area contributed by atoms with Crippen molar-refractivity contribution in [3.05, 3.63) is 16.0 Å². The first kappa shape index (κ1) is 15.1. The first-order valence-corrected chi connectivity index (χ1v) is 6.23. The van der Waals surface area contributed by atoms with Crippen molar-refractivity contribution >= 4 is 29.0 Å². The van der Waals surface area contributed by atoms with Crippen LogP contribution in [0.15, 0.2) is 0 Å². The fraction of sp³-hybridized carbons (Fsp3) is 0.545. The Labute approximate surface area is 115 Å². The molecule has 0 spiro atoms. The van der Waals surface area contributed by atoms with E-state index in [-0.39, 0.29) is 34.3 Å². The molecule has 5 nitrogen and oxygen atoms in total. The Morgan fingerprint density at radius 3 is 2.67 bits per heavy atom. The highest BCUT2D eigenvalue weighted by atomic mass is 35.5. The third-order valence-corrected chi connectivity index (χ3v) is 2.59. The number of hydrogen-bond donors (Lipinski definition) is 0. The second kappa shape index (κ2) is 7.51. The van der Waals surface area contributed by atoms with E-state index >= 15 is 0 Å². The van der Waals surface area contributed by atoms with E-state index in [2.05, 4.69) is 9.97 Å². The third-order valence-electron chi connectivity index (χ3n) is 2.15. The number of ether oxygens (including phenoxy) is 2. The van der Waals surface area contributed by atoms with E-state index in [1.165, 1.54) is 7.11 Å². The third kappa shape index (κ3) is 4.08. The van der Waals surface area contributed by atoms with E-state index in [0.29, 0.717) is 6.61 Å². The summed E-state index contributed by atoms with van der Waals surface area (Å²) in [4.78, 5) is 19.4. The predicted octanol–water partition coefficient (Wildman–Crippen LogP) is 2.79. The van der Waals surface area contributed by atoms with E-state index in [4.69, 9.17) is 32.7 Å². The Hall–Kier alpha value is -0.910. The highest BCUT2D eigenvalue weighted by molar-refractivity contribution is 6.34. The fourth-order valence-electron chi connectivity index (χ4n) is 1.26. The number of methoxy groups -OCH3 is 1. The normalized spacial score (nSPS) is 10.4. The van der Waals surface area contributed by atoms with Crippen molar-refractivity contribution in [2.24, 2.45) is 0 Å². The molecule has 0 fully saturated rings. The number of halogens is 2. The van der Waals surface area contributed by atoms with Gasteiger partial charge in [-0.25, -0.2) is 4.98 Å². The molecule has 1 rings (SSSR count). The number of nitrogens with zero attached hydrogens (tertiary/aromatic N) is 2. The lowest BCUT2D eigenvalue weighted by molar-refractivity contribution is 0.0751. The molecule has 1 aromatic rings. The van der Waals surface area contributed by atoms with Gasteiger partial charge in [0.15, 0.2) is 5.78 Å². The molecule has 1 heterocycles. The Kier molecular flexibility index (Phi) is 6.32. The minimum Gasteiger partial charge on any atom is -0.480 e. The van der Waals surface area contributed by atoms with Gasteiger partial charge in [-0.1, -0.05) is 24.9 Å². The second-order valence-corrected chi connectivity index (χ2v) is 4.19. The monoisotopic (exact) mass is 292 g/mol. The summed E-state index contributed by atoms with van der Waals surface area (Å²) >= 11 is 11.5. The molecule has 0 atom stereocenters. The molecule has 0 aromatic carbocycles. The summed E-state index contributed by atoms with van der Waals surface area (Å²) in [6, 6.07) is 0. The largest absolute Gasteiger partial charge is 0.480 e. The predicted molar refractivity (Wildman–Crippen MR) is 68.7 cm³/mol. The Balaban J connectivity index is 2.78. The zero-order valence-corrected chi connectivity index (χ0v) is 11.7. The summed E-state index contributed by atoms with van der Waals surface area (Å²) in [7, 11) is 1.38. The van der Waals surface area contributed by atoms with E-state index in [1.54, 1.807) is 0 Å². The van der Waals surface area contributed by atoms with Gasteiger partial charge in [0.05, 0.1) is 7.11 Å². The molecule has 0 aliphatic heterocycles. The van der Waals surface area contributed by atoms with E-state index in [0.717, 1.165) is 12.8 Å². The number of unbranched alkanes of at least 4 members (excludes halogenated alkanes) is 1. The summed E-state index contributed by atoms with van der Waals surface area (Å²) in [6.45, 7) is 2.48. The minimum absolute atomic E-state index is 0.0315. The van der Waals surface area contributed by atoms with Gasteiger partial charge in [-0.15, -0.1) is 0 Å². The Bertz CT molecular complexity index is 427. The zero-order chi connectivity index (χ0) is 13.5. The Morgan fingerprint density at radius 1 is 1.33 bits per heavy atom. The quantitative estimate of drug-likeness (QED) is 0.335. The number of carbonyl (C=O) groups excluding carboxylic acids is 1. The van der Waals surface area contributed by atoms with Crippen LogP contribution in [0.4, 0.5) is 0 Å². The molecule has 0 N–H and O–H groups in total. The lowest BCUT2D eigenvalue weighted by Crippen LogP contribution is -2.13. The van der Waals surface area contributed by atoms with Crippen LogP contribution in [-0.2, 0) is 4.74 Å². The molecule has 100 valence electrons. The van der Waals surface area contributed by atoms with Crippen LogP contribution in [0, 0.1) is 0 Å². The van der Waals surface area contributed by atoms with Crippen molar-refractivity contribution in [3.63, 3.8) is 0 Å². The van der Waals surface area contributed by atoms with Gasteiger partial charge in [0.25, 0.3) is 0 Å². The average molecular weight is 293 g/mol. The first-order chi connectivity index (χ1) is 8.60. The van der Waals surface area contributed by atoms with Crippen molar-refractivity contribution in [2.75, 3.05) is 20.3 Å². The zero-order valence-electron chi connectivity index (χ0n) is 10.2. The van der Waals surface area contributed by atoms with E-state index in [9.17, 15) is 4.79 Å². The highest BCUT2D eigenvalue weighted by Gasteiger charge is 2.20. The maximum absolute atomic E-state index is 11.9. The molecule has 0 saturated carbocycles. The van der Waals surface area contributed by atoms with Gasteiger partial charge in [-0.2, -0.15) is 4.98 Å². The van der Waals surface area contributed by atoms with Gasteiger partial charge in [0.1, 0.15) is 17.3 Å². The van der Waals surface area contributed by atoms with Crippen molar-refractivity contribution in [1.29, 1.82) is 0 Å². The SMILES string of the molecule is CCCCOCC(=O)c1c(Cl)nc(Cl)nc1OC. The molecule has 0 amide bonds. The number of rotatable bonds is 7. The van der Waals surface area contributed by atoms with Crippen LogP contribution in [0.3, 0.4) is 0 Å². The maximum Gasteiger partial charge on any atom is 0.230 e. The molecule has 1 aromatic heterocycles. The van der Waals surface area contributed by atoms with E-state index in [1.807, 2.05) is 6.92 Å². The molecule has 0 bridgehead atoms. The standard InChI is InChI=1S/C11H14Cl2N2O3/c1-3-4-5-18-6-7(16)8-9(12)14-11(13)15-10(8)17-2/h3-6H2,1-2H3. The molecule has 0 saturated heterocycles. The molecule has 0 radical (unpaired) electrons. The number of hydrogen-bond acceptors (Lipinski definition) is 5. The van der Waals surface area contributed by atoms with Crippen LogP contribution in [0.25, 0.3) is 0 Å². The van der Waals surface area contributed by atoms with Crippen molar-refractivity contribution in [2.45, 2.75) is 19.8 Å². The molecule has 0 aliphatic rings. The molecule has 18 heavy (non-hydrogen) atoms. The summed E-state index contributed by atoms with van der Waals surface area (Å²) in [5.41, 5.74) is 0.0973. The average Bonchev–Trinajstić information content (AvgIpc) is 2.33. The van der Waals surface area contributed by atoms with Crippen LogP contribution >= 0.6 is 23.2 Å². The van der Waals surface area contributed by atoms with Gasteiger partial charge in [-0.3, -0.25) is 4.79 Å². The molecule has 7 heteroatoms. The number of aromatic nitrogens is 2. The smallest absolute Gasteiger partial charge is 0.230 e. The van der Waals surface area contributed by atoms with Gasteiger partial charge in [0, 0.05) is 6.61 Å². The lowest BCUT2D eigenvalue weighted by atomic mass is 10.2. The number of carbonyl (C=O) groups is 1. The maximum atomic E-state index is 11.9. The summed E-state index contributed by atoms with van der Waals surface area (Å²) in [5.74, 6) is -0.270. The Morgan fingerprint density at radius 2 is 2.06 bits per heavy atom. The topological polar surface area (TPSA) is 61.3 Å². The molecular formula is C11H14Cl2N2O3. The van der Waals surface area contributed by atoms with Gasteiger partial charge < -0.3 is 9.47 Å². The van der Waals surface area contributed by atoms with E-state index < -0.39 is 0 Å². The number of Topliss-reactive ketones (excluding diaryl/α,β-unsaturated/α-hetero) is 1. The summed E-state index contributed by atoms with van der Waals surface area (Å²) < 4.78 is 10.2. The fourth-order valence-corrected chi connectivity index (χ4v) is 1.73. The van der Waals surface area contributed by atoms with Crippen LogP contribution in [-0.4, -0.2) is 36.1 Å². The van der Waals surface area contributed by atoms with Crippen molar-refractivity contribution in [3.8, 4) is 5.88 Å².